The van der Waals surface area contributed by atoms with E-state index in [1.165, 1.54) is 12.1 Å². The van der Waals surface area contributed by atoms with Crippen molar-refractivity contribution < 1.29 is 27.9 Å². The van der Waals surface area contributed by atoms with Gasteiger partial charge in [-0.2, -0.15) is 9.41 Å². The van der Waals surface area contributed by atoms with Crippen molar-refractivity contribution in [2.24, 2.45) is 5.10 Å². The lowest BCUT2D eigenvalue weighted by Gasteiger charge is -2.24. The number of nitrogens with zero attached hydrogens (tertiary/aromatic N) is 3. The molecule has 0 aromatic heterocycles. The number of ether oxygens (including phenoxy) is 2. The molecule has 2 saturated heterocycles. The van der Waals surface area contributed by atoms with Gasteiger partial charge in [0.15, 0.2) is 0 Å². The van der Waals surface area contributed by atoms with Gasteiger partial charge >= 0.3 is 0 Å². The van der Waals surface area contributed by atoms with Crippen LogP contribution in [0.5, 0.6) is 5.75 Å². The van der Waals surface area contributed by atoms with Gasteiger partial charge in [-0.15, -0.1) is 0 Å². The number of benzene rings is 1. The molecule has 166 valence electrons. The molecule has 30 heavy (non-hydrogen) atoms. The molecule has 1 aromatic carbocycles. The Bertz CT molecular complexity index is 852. The molecule has 3 rings (SSSR count). The van der Waals surface area contributed by atoms with Gasteiger partial charge < -0.3 is 9.47 Å². The number of hydroxylamine groups is 1. The largest absolute Gasteiger partial charge is 0.494 e. The van der Waals surface area contributed by atoms with Crippen LogP contribution in [0.15, 0.2) is 34.3 Å². The minimum absolute atomic E-state index is 0.0213. The van der Waals surface area contributed by atoms with Gasteiger partial charge in [-0.3, -0.25) is 15.0 Å². The van der Waals surface area contributed by atoms with E-state index in [1.54, 1.807) is 17.6 Å². The molecule has 11 heteroatoms. The van der Waals surface area contributed by atoms with Gasteiger partial charge in [0.1, 0.15) is 11.8 Å². The molecule has 1 atom stereocenters. The SMILES string of the molecule is CCCCOc1ccc(S(=O)(=O)N2C/C(=N/N3CCOCC3)C[C@@H]2C(=O)NO)cc1. The van der Waals surface area contributed by atoms with Crippen molar-refractivity contribution in [2.75, 3.05) is 39.5 Å². The molecular formula is C19H28N4O6S. The summed E-state index contributed by atoms with van der Waals surface area (Å²) in [5.74, 6) is -0.201. The first-order valence-corrected chi connectivity index (χ1v) is 11.5. The summed E-state index contributed by atoms with van der Waals surface area (Å²) in [6.45, 7) is 4.91. The van der Waals surface area contributed by atoms with Crippen molar-refractivity contribution in [2.45, 2.75) is 37.1 Å². The van der Waals surface area contributed by atoms with Gasteiger partial charge in [-0.1, -0.05) is 13.3 Å². The summed E-state index contributed by atoms with van der Waals surface area (Å²) < 4.78 is 38.4. The monoisotopic (exact) mass is 440 g/mol. The van der Waals surface area contributed by atoms with Crippen molar-refractivity contribution >= 4 is 21.6 Å². The van der Waals surface area contributed by atoms with Crippen LogP contribution in [0.4, 0.5) is 0 Å². The fourth-order valence-corrected chi connectivity index (χ4v) is 4.91. The number of hydrogen-bond donors (Lipinski definition) is 2. The van der Waals surface area contributed by atoms with E-state index in [9.17, 15) is 13.2 Å². The first-order chi connectivity index (χ1) is 14.5. The van der Waals surface area contributed by atoms with Gasteiger partial charge in [0, 0.05) is 6.42 Å². The second kappa shape index (κ2) is 10.2. The second-order valence-corrected chi connectivity index (χ2v) is 9.04. The first kappa shape index (κ1) is 22.5. The van der Waals surface area contributed by atoms with Gasteiger partial charge in [0.05, 0.1) is 50.1 Å². The maximum atomic E-state index is 13.2. The van der Waals surface area contributed by atoms with Crippen LogP contribution in [0.1, 0.15) is 26.2 Å². The number of carbonyl (C=O) groups is 1. The third-order valence-electron chi connectivity index (χ3n) is 5.00. The Morgan fingerprint density at radius 1 is 1.30 bits per heavy atom. The van der Waals surface area contributed by atoms with E-state index in [2.05, 4.69) is 12.0 Å². The summed E-state index contributed by atoms with van der Waals surface area (Å²) in [5, 5.41) is 15.4. The Hall–Kier alpha value is -2.21. The van der Waals surface area contributed by atoms with Crippen LogP contribution in [-0.4, -0.2) is 80.1 Å². The summed E-state index contributed by atoms with van der Waals surface area (Å²) in [5.41, 5.74) is 2.13. The predicted octanol–water partition coefficient (Wildman–Crippen LogP) is 0.822. The van der Waals surface area contributed by atoms with E-state index in [0.29, 0.717) is 44.4 Å². The molecule has 2 N–H and O–H groups in total. The molecule has 2 heterocycles. The fraction of sp³-hybridized carbons (Fsp3) is 0.579. The molecule has 10 nitrogen and oxygen atoms in total. The fourth-order valence-electron chi connectivity index (χ4n) is 3.33. The van der Waals surface area contributed by atoms with Crippen LogP contribution in [0, 0.1) is 0 Å². The van der Waals surface area contributed by atoms with E-state index >= 15 is 0 Å². The number of amides is 1. The number of rotatable bonds is 8. The average Bonchev–Trinajstić information content (AvgIpc) is 3.19. The van der Waals surface area contributed by atoms with Crippen LogP contribution >= 0.6 is 0 Å². The second-order valence-electron chi connectivity index (χ2n) is 7.15. The Morgan fingerprint density at radius 2 is 2.00 bits per heavy atom. The number of unbranched alkanes of at least 4 members (excludes halogenated alkanes) is 1. The molecule has 2 aliphatic rings. The Morgan fingerprint density at radius 3 is 2.63 bits per heavy atom. The topological polar surface area (TPSA) is 121 Å². The van der Waals surface area contributed by atoms with Gasteiger partial charge in [-0.05, 0) is 30.7 Å². The lowest BCUT2D eigenvalue weighted by Crippen LogP contribution is -2.45. The zero-order valence-corrected chi connectivity index (χ0v) is 17.8. The van der Waals surface area contributed by atoms with E-state index in [4.69, 9.17) is 14.7 Å². The van der Waals surface area contributed by atoms with Crippen molar-refractivity contribution in [1.29, 1.82) is 0 Å². The predicted molar refractivity (Wildman–Crippen MR) is 109 cm³/mol. The third-order valence-corrected chi connectivity index (χ3v) is 6.86. The molecule has 1 aromatic rings. The van der Waals surface area contributed by atoms with Crippen LogP contribution in [0.2, 0.25) is 0 Å². The minimum atomic E-state index is -3.98. The molecule has 0 radical (unpaired) electrons. The van der Waals surface area contributed by atoms with Crippen molar-refractivity contribution in [1.82, 2.24) is 14.8 Å². The summed E-state index contributed by atoms with van der Waals surface area (Å²) in [6, 6.07) is 5.05. The van der Waals surface area contributed by atoms with E-state index < -0.39 is 22.0 Å². The molecule has 1 amide bonds. The maximum Gasteiger partial charge on any atom is 0.262 e. The van der Waals surface area contributed by atoms with E-state index in [0.717, 1.165) is 17.1 Å². The zero-order chi connectivity index (χ0) is 21.6. The Labute approximate surface area is 176 Å². The number of morpholine rings is 1. The Kier molecular flexibility index (Phi) is 7.64. The Balaban J connectivity index is 1.79. The first-order valence-electron chi connectivity index (χ1n) is 10.0. The molecule has 2 aliphatic heterocycles. The number of sulfonamides is 1. The summed E-state index contributed by atoms with van der Waals surface area (Å²) in [4.78, 5) is 12.2. The third kappa shape index (κ3) is 5.28. The average molecular weight is 441 g/mol. The number of hydrazone groups is 1. The van der Waals surface area contributed by atoms with Crippen LogP contribution in [0.3, 0.4) is 0 Å². The standard InChI is InChI=1S/C19H28N4O6S/c1-2-3-10-29-16-4-6-17(7-5-16)30(26,27)23-14-15(13-18(23)19(24)21-25)20-22-8-11-28-12-9-22/h4-7,18,25H,2-3,8-14H2,1H3,(H,21,24)/b20-15+/t18-/m1/s1. The molecule has 0 saturated carbocycles. The lowest BCUT2D eigenvalue weighted by molar-refractivity contribution is -0.132. The maximum absolute atomic E-state index is 13.2. The van der Waals surface area contributed by atoms with Crippen molar-refractivity contribution in [3.8, 4) is 5.75 Å². The summed E-state index contributed by atoms with van der Waals surface area (Å²) in [7, 11) is -3.98. The van der Waals surface area contributed by atoms with Crippen LogP contribution in [-0.2, 0) is 19.6 Å². The molecule has 0 aliphatic carbocycles. The van der Waals surface area contributed by atoms with E-state index in [1.807, 2.05) is 5.01 Å². The lowest BCUT2D eigenvalue weighted by atomic mass is 10.2. The minimum Gasteiger partial charge on any atom is -0.494 e. The highest BCUT2D eigenvalue weighted by Crippen LogP contribution is 2.27. The zero-order valence-electron chi connectivity index (χ0n) is 17.0. The molecule has 0 unspecified atom stereocenters. The van der Waals surface area contributed by atoms with Crippen molar-refractivity contribution in [3.05, 3.63) is 24.3 Å². The number of hydrogen-bond acceptors (Lipinski definition) is 8. The summed E-state index contributed by atoms with van der Waals surface area (Å²) >= 11 is 0. The van der Waals surface area contributed by atoms with Crippen LogP contribution < -0.4 is 10.2 Å². The molecular weight excluding hydrogens is 412 g/mol. The molecule has 0 bridgehead atoms. The summed E-state index contributed by atoms with van der Waals surface area (Å²) in [6.07, 6.45) is 2.03. The normalized spacial score (nSPS) is 21.7. The number of carbonyl (C=O) groups excluding carboxylic acids is 1. The highest BCUT2D eigenvalue weighted by molar-refractivity contribution is 7.89. The van der Waals surface area contributed by atoms with Gasteiger partial charge in [0.25, 0.3) is 5.91 Å². The smallest absolute Gasteiger partial charge is 0.262 e. The van der Waals surface area contributed by atoms with Gasteiger partial charge in [0.2, 0.25) is 10.0 Å². The van der Waals surface area contributed by atoms with Crippen molar-refractivity contribution in [3.63, 3.8) is 0 Å². The quantitative estimate of drug-likeness (QED) is 0.349. The highest BCUT2D eigenvalue weighted by atomic mass is 32.2. The molecule has 2 fully saturated rings. The van der Waals surface area contributed by atoms with E-state index in [-0.39, 0.29) is 17.9 Å². The number of nitrogens with one attached hydrogen (secondary N) is 1. The van der Waals surface area contributed by atoms with Crippen LogP contribution in [0.25, 0.3) is 0 Å². The van der Waals surface area contributed by atoms with Gasteiger partial charge in [-0.25, -0.2) is 13.9 Å². The molecule has 0 spiro atoms. The highest BCUT2D eigenvalue weighted by Gasteiger charge is 2.42.